The fourth-order valence-electron chi connectivity index (χ4n) is 2.34. The number of nitrogens with zero attached hydrogens (tertiary/aromatic N) is 2. The highest BCUT2D eigenvalue weighted by molar-refractivity contribution is 5.86. The number of amides is 1. The molecule has 1 amide bonds. The van der Waals surface area contributed by atoms with Crippen molar-refractivity contribution in [2.45, 2.75) is 27.2 Å². The molecule has 0 atom stereocenters. The Kier molecular flexibility index (Phi) is 5.33. The van der Waals surface area contributed by atoms with Crippen LogP contribution in [0.3, 0.4) is 0 Å². The van der Waals surface area contributed by atoms with Crippen molar-refractivity contribution in [3.8, 4) is 0 Å². The van der Waals surface area contributed by atoms with E-state index in [1.54, 1.807) is 0 Å². The zero-order valence-electron chi connectivity index (χ0n) is 13.0. The van der Waals surface area contributed by atoms with Crippen LogP contribution >= 0.6 is 0 Å². The van der Waals surface area contributed by atoms with E-state index in [1.165, 1.54) is 0 Å². The van der Waals surface area contributed by atoms with Crippen LogP contribution in [0.2, 0.25) is 0 Å². The molecule has 5 nitrogen and oxygen atoms in total. The van der Waals surface area contributed by atoms with E-state index in [1.807, 2.05) is 25.1 Å². The van der Waals surface area contributed by atoms with Crippen LogP contribution in [0.25, 0.3) is 11.0 Å². The topological polar surface area (TPSA) is 58.4 Å². The van der Waals surface area contributed by atoms with Gasteiger partial charge < -0.3 is 14.7 Å². The minimum absolute atomic E-state index is 0.0149. The first-order valence-corrected chi connectivity index (χ1v) is 7.48. The summed E-state index contributed by atoms with van der Waals surface area (Å²) in [4.78, 5) is 14.3. The number of benzene rings is 1. The van der Waals surface area contributed by atoms with Gasteiger partial charge in [0, 0.05) is 18.5 Å². The molecule has 21 heavy (non-hydrogen) atoms. The Morgan fingerprint density at radius 2 is 2.10 bits per heavy atom. The van der Waals surface area contributed by atoms with Crippen molar-refractivity contribution < 1.29 is 9.32 Å². The van der Waals surface area contributed by atoms with Gasteiger partial charge in [-0.2, -0.15) is 0 Å². The molecule has 0 saturated heterocycles. The molecule has 114 valence electrons. The van der Waals surface area contributed by atoms with E-state index in [2.05, 4.69) is 29.2 Å². The minimum atomic E-state index is -0.0149. The monoisotopic (exact) mass is 289 g/mol. The predicted molar refractivity (Wildman–Crippen MR) is 83.2 cm³/mol. The van der Waals surface area contributed by atoms with Crippen LogP contribution in [0.4, 0.5) is 0 Å². The summed E-state index contributed by atoms with van der Waals surface area (Å²) >= 11 is 0. The van der Waals surface area contributed by atoms with E-state index < -0.39 is 0 Å². The lowest BCUT2D eigenvalue weighted by Crippen LogP contribution is -2.35. The number of carbonyl (C=O) groups excluding carboxylic acids is 1. The number of carbonyl (C=O) groups is 1. The van der Waals surface area contributed by atoms with Gasteiger partial charge in [-0.25, -0.2) is 0 Å². The Hall–Kier alpha value is -1.88. The number of fused-ring (bicyclic) bond motifs is 1. The molecule has 0 aliphatic rings. The third-order valence-corrected chi connectivity index (χ3v) is 3.67. The normalized spacial score (nSPS) is 11.2. The fraction of sp³-hybridized carbons (Fsp3) is 0.500. The molecular formula is C16H23N3O2. The highest BCUT2D eigenvalue weighted by Gasteiger charge is 2.12. The quantitative estimate of drug-likeness (QED) is 0.848. The first-order chi connectivity index (χ1) is 10.1. The van der Waals surface area contributed by atoms with Gasteiger partial charge in [-0.1, -0.05) is 30.6 Å². The van der Waals surface area contributed by atoms with Crippen molar-refractivity contribution in [2.24, 2.45) is 0 Å². The number of aromatic nitrogens is 1. The van der Waals surface area contributed by atoms with Gasteiger partial charge in [-0.15, -0.1) is 0 Å². The number of hydrogen-bond donors (Lipinski definition) is 1. The second-order valence-electron chi connectivity index (χ2n) is 5.18. The molecular weight excluding hydrogens is 266 g/mol. The number of rotatable bonds is 7. The van der Waals surface area contributed by atoms with Crippen molar-refractivity contribution in [1.29, 1.82) is 0 Å². The molecule has 0 unspecified atom stereocenters. The van der Waals surface area contributed by atoms with Gasteiger partial charge in [0.05, 0.1) is 6.42 Å². The number of nitrogens with one attached hydrogen (secondary N) is 1. The van der Waals surface area contributed by atoms with Crippen molar-refractivity contribution in [3.63, 3.8) is 0 Å². The molecule has 1 heterocycles. The van der Waals surface area contributed by atoms with Gasteiger partial charge in [0.2, 0.25) is 5.91 Å². The Morgan fingerprint density at radius 1 is 1.33 bits per heavy atom. The maximum absolute atomic E-state index is 12.0. The smallest absolute Gasteiger partial charge is 0.226 e. The summed E-state index contributed by atoms with van der Waals surface area (Å²) < 4.78 is 5.24. The number of hydrogen-bond acceptors (Lipinski definition) is 4. The highest BCUT2D eigenvalue weighted by atomic mass is 16.5. The van der Waals surface area contributed by atoms with Crippen LogP contribution < -0.4 is 5.32 Å². The summed E-state index contributed by atoms with van der Waals surface area (Å²) in [7, 11) is 0. The van der Waals surface area contributed by atoms with Gasteiger partial charge in [-0.3, -0.25) is 4.79 Å². The molecule has 1 N–H and O–H groups in total. The average molecular weight is 289 g/mol. The van der Waals surface area contributed by atoms with Crippen LogP contribution in [0.15, 0.2) is 22.7 Å². The lowest BCUT2D eigenvalue weighted by Gasteiger charge is -2.17. The van der Waals surface area contributed by atoms with Crippen molar-refractivity contribution in [3.05, 3.63) is 29.5 Å². The van der Waals surface area contributed by atoms with Crippen molar-refractivity contribution in [2.75, 3.05) is 26.2 Å². The Labute approximate surface area is 125 Å². The Bertz CT molecular complexity index is 603. The minimum Gasteiger partial charge on any atom is -0.356 e. The number of aryl methyl sites for hydroxylation is 1. The summed E-state index contributed by atoms with van der Waals surface area (Å²) in [6, 6.07) is 5.87. The van der Waals surface area contributed by atoms with Gasteiger partial charge in [-0.05, 0) is 32.1 Å². The molecule has 2 rings (SSSR count). The second-order valence-corrected chi connectivity index (χ2v) is 5.18. The fourth-order valence-corrected chi connectivity index (χ4v) is 2.34. The van der Waals surface area contributed by atoms with Crippen LogP contribution in [0.5, 0.6) is 0 Å². The summed E-state index contributed by atoms with van der Waals surface area (Å²) in [5.41, 5.74) is 2.56. The highest BCUT2D eigenvalue weighted by Crippen LogP contribution is 2.20. The number of likely N-dealkylation sites (N-methyl/N-ethyl adjacent to an activating group) is 1. The van der Waals surface area contributed by atoms with E-state index >= 15 is 0 Å². The average Bonchev–Trinajstić information content (AvgIpc) is 2.86. The van der Waals surface area contributed by atoms with Gasteiger partial charge in [0.1, 0.15) is 5.69 Å². The zero-order valence-corrected chi connectivity index (χ0v) is 13.0. The van der Waals surface area contributed by atoms with Crippen LogP contribution in [-0.4, -0.2) is 42.1 Å². The van der Waals surface area contributed by atoms with E-state index in [4.69, 9.17) is 4.52 Å². The van der Waals surface area contributed by atoms with Gasteiger partial charge >= 0.3 is 0 Å². The summed E-state index contributed by atoms with van der Waals surface area (Å²) in [5.74, 6) is -0.0149. The maximum atomic E-state index is 12.0. The maximum Gasteiger partial charge on any atom is 0.226 e. The van der Waals surface area contributed by atoms with Crippen LogP contribution in [-0.2, 0) is 11.2 Å². The van der Waals surface area contributed by atoms with E-state index in [9.17, 15) is 4.79 Å². The standard InChI is InChI=1S/C16H23N3O2/c1-4-19(5-2)9-8-17-16(20)11-14-13-10-12(3)6-7-15(13)21-18-14/h6-7,10H,4-5,8-9,11H2,1-3H3,(H,17,20). The molecule has 0 radical (unpaired) electrons. The Balaban J connectivity index is 1.91. The van der Waals surface area contributed by atoms with Gasteiger partial charge in [0.25, 0.3) is 0 Å². The zero-order chi connectivity index (χ0) is 15.2. The van der Waals surface area contributed by atoms with E-state index in [-0.39, 0.29) is 12.3 Å². The van der Waals surface area contributed by atoms with Crippen molar-refractivity contribution >= 4 is 16.9 Å². The molecule has 0 saturated carbocycles. The summed E-state index contributed by atoms with van der Waals surface area (Å²) in [5, 5.41) is 7.87. The molecule has 0 spiro atoms. The molecule has 0 bridgehead atoms. The molecule has 1 aromatic heterocycles. The Morgan fingerprint density at radius 3 is 2.81 bits per heavy atom. The predicted octanol–water partition coefficient (Wildman–Crippen LogP) is 2.14. The summed E-state index contributed by atoms with van der Waals surface area (Å²) in [6.07, 6.45) is 0.259. The third-order valence-electron chi connectivity index (χ3n) is 3.67. The van der Waals surface area contributed by atoms with Crippen molar-refractivity contribution in [1.82, 2.24) is 15.4 Å². The van der Waals surface area contributed by atoms with Gasteiger partial charge in [0.15, 0.2) is 5.58 Å². The third kappa shape index (κ3) is 4.04. The summed E-state index contributed by atoms with van der Waals surface area (Å²) in [6.45, 7) is 9.79. The lowest BCUT2D eigenvalue weighted by atomic mass is 10.1. The molecule has 2 aromatic rings. The van der Waals surface area contributed by atoms with E-state index in [0.29, 0.717) is 12.2 Å². The second kappa shape index (κ2) is 7.22. The first-order valence-electron chi connectivity index (χ1n) is 7.48. The molecule has 0 fully saturated rings. The molecule has 5 heteroatoms. The largest absolute Gasteiger partial charge is 0.356 e. The first kappa shape index (κ1) is 15.5. The molecule has 1 aromatic carbocycles. The van der Waals surface area contributed by atoms with E-state index in [0.717, 1.165) is 36.2 Å². The lowest BCUT2D eigenvalue weighted by molar-refractivity contribution is -0.120. The molecule has 0 aliphatic carbocycles. The van der Waals surface area contributed by atoms with Crippen LogP contribution in [0.1, 0.15) is 25.1 Å². The SMILES string of the molecule is CCN(CC)CCNC(=O)Cc1noc2ccc(C)cc12. The van der Waals surface area contributed by atoms with Crippen LogP contribution in [0, 0.1) is 6.92 Å². The molecule has 0 aliphatic heterocycles.